The van der Waals surface area contributed by atoms with Gasteiger partial charge in [0, 0.05) is 26.1 Å². The molecule has 10 nitrogen and oxygen atoms in total. The van der Waals surface area contributed by atoms with Gasteiger partial charge < -0.3 is 25.5 Å². The molecule has 11 heteroatoms. The molecular weight excluding hydrogens is 425 g/mol. The zero-order valence-electron chi connectivity index (χ0n) is 19.1. The molecule has 4 N–H and O–H groups in total. The van der Waals surface area contributed by atoms with Gasteiger partial charge in [-0.3, -0.25) is 14.3 Å². The van der Waals surface area contributed by atoms with Crippen LogP contribution in [-0.4, -0.2) is 62.6 Å². The number of carbonyl (C=O) groups excluding carboxylic acids is 2. The average molecular weight is 455 g/mol. The Morgan fingerprint density at radius 3 is 2.58 bits per heavy atom. The maximum atomic E-state index is 13.4. The predicted molar refractivity (Wildman–Crippen MR) is 123 cm³/mol. The second kappa shape index (κ2) is 10.6. The number of aryl methyl sites for hydroxylation is 1. The Kier molecular flexibility index (Phi) is 7.88. The molecule has 0 fully saturated rings. The molecule has 0 aliphatic carbocycles. The summed E-state index contributed by atoms with van der Waals surface area (Å²) in [6.45, 7) is 3.96. The topological polar surface area (TPSA) is 138 Å². The molecular formula is C22H30BN5O5. The zero-order chi connectivity index (χ0) is 24.0. The zero-order valence-corrected chi connectivity index (χ0v) is 19.1. The second-order valence-electron chi connectivity index (χ2n) is 8.73. The molecule has 1 aliphatic rings. The summed E-state index contributed by atoms with van der Waals surface area (Å²) in [5, 5.41) is 33.1. The Hall–Kier alpha value is -3.18. The molecule has 2 unspecified atom stereocenters. The van der Waals surface area contributed by atoms with Gasteiger partial charge in [-0.15, -0.1) is 0 Å². The smallest absolute Gasteiger partial charge is 0.426 e. The molecule has 0 spiro atoms. The Morgan fingerprint density at radius 1 is 1.24 bits per heavy atom. The lowest BCUT2D eigenvalue weighted by atomic mass is 9.74. The third kappa shape index (κ3) is 6.20. The highest BCUT2D eigenvalue weighted by Crippen LogP contribution is 2.29. The van der Waals surface area contributed by atoms with Gasteiger partial charge in [-0.25, -0.2) is 0 Å². The van der Waals surface area contributed by atoms with E-state index in [9.17, 15) is 19.6 Å². The summed E-state index contributed by atoms with van der Waals surface area (Å²) in [4.78, 5) is 31.4. The van der Waals surface area contributed by atoms with Crippen LogP contribution in [0.3, 0.4) is 0 Å². The third-order valence-electron chi connectivity index (χ3n) is 5.49. The fourth-order valence-electron chi connectivity index (χ4n) is 3.80. The van der Waals surface area contributed by atoms with Crippen molar-refractivity contribution >= 4 is 24.6 Å². The fraction of sp³-hybridized carbons (Fsp3) is 0.455. The van der Waals surface area contributed by atoms with Crippen LogP contribution in [0, 0.1) is 5.92 Å². The molecule has 2 amide bonds. The maximum Gasteiger partial charge on any atom is 0.475 e. The van der Waals surface area contributed by atoms with Crippen molar-refractivity contribution in [2.75, 3.05) is 6.54 Å². The summed E-state index contributed by atoms with van der Waals surface area (Å²) in [6, 6.07) is 11.0. The van der Waals surface area contributed by atoms with Gasteiger partial charge >= 0.3 is 7.12 Å². The van der Waals surface area contributed by atoms with Crippen LogP contribution in [0.15, 0.2) is 47.8 Å². The largest absolute Gasteiger partial charge is 0.475 e. The van der Waals surface area contributed by atoms with Crippen molar-refractivity contribution in [2.45, 2.75) is 44.7 Å². The van der Waals surface area contributed by atoms with E-state index in [-0.39, 0.29) is 31.2 Å². The highest BCUT2D eigenvalue weighted by Gasteiger charge is 2.48. The minimum absolute atomic E-state index is 0.103. The van der Waals surface area contributed by atoms with E-state index < -0.39 is 24.6 Å². The summed E-state index contributed by atoms with van der Waals surface area (Å²) in [5.41, 5.74) is 0.406. The Bertz CT molecular complexity index is 994. The number of hydrogen-bond acceptors (Lipinski definition) is 7. The second-order valence-corrected chi connectivity index (χ2v) is 8.73. The standard InChI is InChI=1S/C22H30BN5O5/c1-15(2)11-19(23(31)32)26-21(30)22(12-16-7-5-4-6-8-16)13-17(27-33-22)14-24-20(29)18-9-10-25-28(18)3/h4-10,15,19,31-32H,11-14H2,1-3H3,(H,24,29)(H,26,30). The first-order valence-corrected chi connectivity index (χ1v) is 10.9. The monoisotopic (exact) mass is 455 g/mol. The van der Waals surface area contributed by atoms with Crippen LogP contribution in [0.25, 0.3) is 0 Å². The van der Waals surface area contributed by atoms with E-state index in [1.54, 1.807) is 13.1 Å². The van der Waals surface area contributed by atoms with Crippen LogP contribution in [0.4, 0.5) is 0 Å². The van der Waals surface area contributed by atoms with Gasteiger partial charge in [0.15, 0.2) is 0 Å². The van der Waals surface area contributed by atoms with Crippen molar-refractivity contribution in [3.05, 3.63) is 53.9 Å². The molecule has 0 radical (unpaired) electrons. The molecule has 176 valence electrons. The van der Waals surface area contributed by atoms with Crippen LogP contribution >= 0.6 is 0 Å². The fourth-order valence-corrected chi connectivity index (χ4v) is 3.80. The van der Waals surface area contributed by atoms with E-state index in [1.165, 1.54) is 10.9 Å². The van der Waals surface area contributed by atoms with Crippen LogP contribution in [0.1, 0.15) is 42.7 Å². The number of carbonyl (C=O) groups is 2. The van der Waals surface area contributed by atoms with Crippen LogP contribution in [0.5, 0.6) is 0 Å². The first-order chi connectivity index (χ1) is 15.7. The number of nitrogens with zero attached hydrogens (tertiary/aromatic N) is 3. The molecule has 2 aromatic rings. The minimum Gasteiger partial charge on any atom is -0.426 e. The van der Waals surface area contributed by atoms with Gasteiger partial charge in [0.2, 0.25) is 5.60 Å². The Labute approximate surface area is 193 Å². The number of benzene rings is 1. The van der Waals surface area contributed by atoms with E-state index in [1.807, 2.05) is 44.2 Å². The molecule has 0 bridgehead atoms. The lowest BCUT2D eigenvalue weighted by molar-refractivity contribution is -0.144. The predicted octanol–water partition coefficient (Wildman–Crippen LogP) is 0.451. The first kappa shape index (κ1) is 24.5. The Morgan fingerprint density at radius 2 is 1.97 bits per heavy atom. The number of aromatic nitrogens is 2. The average Bonchev–Trinajstić information content (AvgIpc) is 3.39. The molecule has 2 heterocycles. The molecule has 2 atom stereocenters. The van der Waals surface area contributed by atoms with E-state index >= 15 is 0 Å². The number of amides is 2. The van der Waals surface area contributed by atoms with Crippen LogP contribution < -0.4 is 10.6 Å². The molecule has 33 heavy (non-hydrogen) atoms. The van der Waals surface area contributed by atoms with Crippen LogP contribution in [0.2, 0.25) is 0 Å². The van der Waals surface area contributed by atoms with Gasteiger partial charge in [-0.2, -0.15) is 5.10 Å². The van der Waals surface area contributed by atoms with E-state index in [2.05, 4.69) is 20.9 Å². The van der Waals surface area contributed by atoms with Crippen LogP contribution in [-0.2, 0) is 23.1 Å². The highest BCUT2D eigenvalue weighted by atomic mass is 16.7. The van der Waals surface area contributed by atoms with Crippen molar-refractivity contribution in [1.82, 2.24) is 20.4 Å². The van der Waals surface area contributed by atoms with E-state index in [4.69, 9.17) is 4.84 Å². The normalized spacial score (nSPS) is 18.4. The van der Waals surface area contributed by atoms with Crippen molar-refractivity contribution in [2.24, 2.45) is 18.1 Å². The van der Waals surface area contributed by atoms with Crippen molar-refractivity contribution in [1.29, 1.82) is 0 Å². The van der Waals surface area contributed by atoms with Crippen molar-refractivity contribution in [3.63, 3.8) is 0 Å². The summed E-state index contributed by atoms with van der Waals surface area (Å²) in [6.07, 6.45) is 2.30. The van der Waals surface area contributed by atoms with Gasteiger partial charge in [0.05, 0.1) is 18.2 Å². The van der Waals surface area contributed by atoms with Gasteiger partial charge in [-0.05, 0) is 24.0 Å². The van der Waals surface area contributed by atoms with E-state index in [0.29, 0.717) is 17.8 Å². The summed E-state index contributed by atoms with van der Waals surface area (Å²) in [5.74, 6) is -1.51. The number of rotatable bonds is 10. The number of nitrogens with one attached hydrogen (secondary N) is 2. The maximum absolute atomic E-state index is 13.4. The molecule has 1 aliphatic heterocycles. The van der Waals surface area contributed by atoms with Crippen molar-refractivity contribution in [3.8, 4) is 0 Å². The highest BCUT2D eigenvalue weighted by molar-refractivity contribution is 6.43. The SMILES string of the molecule is CC(C)CC(NC(=O)C1(Cc2ccccc2)CC(CNC(=O)c2ccnn2C)=NO1)B(O)O. The van der Waals surface area contributed by atoms with Gasteiger partial charge in [-0.1, -0.05) is 49.3 Å². The Balaban J connectivity index is 1.73. The summed E-state index contributed by atoms with van der Waals surface area (Å²) >= 11 is 0. The van der Waals surface area contributed by atoms with Gasteiger partial charge in [0.25, 0.3) is 11.8 Å². The third-order valence-corrected chi connectivity index (χ3v) is 5.49. The minimum atomic E-state index is -1.70. The first-order valence-electron chi connectivity index (χ1n) is 10.9. The number of oxime groups is 1. The lowest BCUT2D eigenvalue weighted by Crippen LogP contribution is -2.56. The van der Waals surface area contributed by atoms with E-state index in [0.717, 1.165) is 5.56 Å². The molecule has 0 saturated carbocycles. The van der Waals surface area contributed by atoms with Gasteiger partial charge in [0.1, 0.15) is 5.69 Å². The molecule has 1 aromatic carbocycles. The molecule has 0 saturated heterocycles. The number of hydrogen-bond donors (Lipinski definition) is 4. The quantitative estimate of drug-likeness (QED) is 0.384. The summed E-state index contributed by atoms with van der Waals surface area (Å²) in [7, 11) is -0.0335. The molecule has 1 aromatic heterocycles. The lowest BCUT2D eigenvalue weighted by Gasteiger charge is -2.29. The summed E-state index contributed by atoms with van der Waals surface area (Å²) < 4.78 is 1.46. The van der Waals surface area contributed by atoms with Crippen molar-refractivity contribution < 1.29 is 24.5 Å². The molecule has 3 rings (SSSR count).